The van der Waals surface area contributed by atoms with Crippen molar-refractivity contribution >= 4 is 94.6 Å². The van der Waals surface area contributed by atoms with Crippen LogP contribution in [-0.2, 0) is 83.1 Å². The molecule has 87 heavy (non-hydrogen) atoms. The summed E-state index contributed by atoms with van der Waals surface area (Å²) in [4.78, 5) is 208. The molecule has 1 aromatic carbocycles. The quantitative estimate of drug-likeness (QED) is 0.0277. The topological polar surface area (TPSA) is 524 Å². The van der Waals surface area contributed by atoms with E-state index in [0.29, 0.717) is 5.56 Å². The third kappa shape index (κ3) is 25.4. The van der Waals surface area contributed by atoms with Gasteiger partial charge in [0, 0.05) is 32.7 Å². The van der Waals surface area contributed by atoms with E-state index < -0.39 is 206 Å². The van der Waals surface area contributed by atoms with Crippen LogP contribution in [0.25, 0.3) is 0 Å². The van der Waals surface area contributed by atoms with Gasteiger partial charge in [0.1, 0.15) is 54.1 Å². The summed E-state index contributed by atoms with van der Waals surface area (Å²) in [7, 11) is 0. The van der Waals surface area contributed by atoms with Crippen molar-refractivity contribution in [3.63, 3.8) is 0 Å². The molecule has 0 spiro atoms. The number of nitrogens with one attached hydrogen (secondary N) is 10. The van der Waals surface area contributed by atoms with Crippen LogP contribution in [0.1, 0.15) is 112 Å². The van der Waals surface area contributed by atoms with Crippen molar-refractivity contribution < 1.29 is 102 Å². The Balaban J connectivity index is 2.15. The largest absolute Gasteiger partial charge is 0.508 e. The van der Waals surface area contributed by atoms with Crippen molar-refractivity contribution in [1.29, 1.82) is 0 Å². The van der Waals surface area contributed by atoms with Gasteiger partial charge in [-0.3, -0.25) is 76.7 Å². The summed E-state index contributed by atoms with van der Waals surface area (Å²) in [5.41, 5.74) is 5.64. The van der Waals surface area contributed by atoms with Gasteiger partial charge >= 0.3 is 17.9 Å². The third-order valence-corrected chi connectivity index (χ3v) is 13.4. The van der Waals surface area contributed by atoms with E-state index in [9.17, 15) is 97.1 Å². The second-order valence-electron chi connectivity index (χ2n) is 21.3. The zero-order valence-corrected chi connectivity index (χ0v) is 49.2. The van der Waals surface area contributed by atoms with Crippen molar-refractivity contribution in [2.24, 2.45) is 17.6 Å². The number of carbonyl (C=O) groups is 16. The van der Waals surface area contributed by atoms with Crippen LogP contribution < -0.4 is 58.9 Å². The molecule has 17 N–H and O–H groups in total. The maximum absolute atomic E-state index is 14.3. The van der Waals surface area contributed by atoms with Crippen LogP contribution in [0.2, 0.25) is 0 Å². The number of hydrogen-bond donors (Lipinski definition) is 16. The number of rotatable bonds is 37. The Morgan fingerprint density at radius 1 is 0.575 bits per heavy atom. The predicted octanol–water partition coefficient (Wildman–Crippen LogP) is -5.19. The number of aromatic hydroxyl groups is 1. The molecule has 1 aliphatic rings. The number of carboxylic acids is 3. The van der Waals surface area contributed by atoms with E-state index in [1.165, 1.54) is 29.2 Å². The van der Waals surface area contributed by atoms with E-state index in [2.05, 4.69) is 53.2 Å². The van der Waals surface area contributed by atoms with E-state index in [0.717, 1.165) is 13.8 Å². The molecule has 0 aliphatic carbocycles. The van der Waals surface area contributed by atoms with Gasteiger partial charge in [0.2, 0.25) is 70.8 Å². The Bertz CT molecular complexity index is 2700. The first kappa shape index (κ1) is 73.8. The van der Waals surface area contributed by atoms with Crippen LogP contribution in [0.15, 0.2) is 24.3 Å². The van der Waals surface area contributed by atoms with Crippen molar-refractivity contribution in [2.75, 3.05) is 19.6 Å². The molecular weight excluding hydrogens is 1150 g/mol. The molecule has 12 amide bonds. The Hall–Kier alpha value is -9.30. The van der Waals surface area contributed by atoms with Crippen LogP contribution in [0.5, 0.6) is 5.75 Å². The Morgan fingerprint density at radius 2 is 1.08 bits per heavy atom. The monoisotopic (exact) mass is 1230 g/mol. The fourth-order valence-electron chi connectivity index (χ4n) is 8.75. The van der Waals surface area contributed by atoms with Crippen LogP contribution in [0.4, 0.5) is 0 Å². The predicted molar refractivity (Wildman–Crippen MR) is 300 cm³/mol. The second-order valence-corrected chi connectivity index (χ2v) is 21.3. The number of ketones is 1. The molecule has 0 aromatic heterocycles. The summed E-state index contributed by atoms with van der Waals surface area (Å²) in [6, 6.07) is -8.24. The molecule has 33 heteroatoms. The first-order valence-electron chi connectivity index (χ1n) is 27.9. The fourth-order valence-corrected chi connectivity index (χ4v) is 8.75. The van der Waals surface area contributed by atoms with Crippen molar-refractivity contribution in [2.45, 2.75) is 173 Å². The van der Waals surface area contributed by atoms with Crippen LogP contribution in [0, 0.1) is 11.8 Å². The molecule has 0 bridgehead atoms. The summed E-state index contributed by atoms with van der Waals surface area (Å²) in [5.74, 6) is -19.0. The number of phenols is 1. The summed E-state index contributed by atoms with van der Waals surface area (Å²) in [6.45, 7) is 8.30. The van der Waals surface area contributed by atoms with E-state index in [1.54, 1.807) is 34.6 Å². The lowest BCUT2D eigenvalue weighted by molar-refractivity contribution is -0.144. The highest BCUT2D eigenvalue weighted by atomic mass is 16.4. The van der Waals surface area contributed by atoms with Gasteiger partial charge in [0.05, 0.1) is 31.7 Å². The van der Waals surface area contributed by atoms with E-state index in [4.69, 9.17) is 10.8 Å². The molecule has 2 rings (SSSR count). The number of nitrogens with two attached hydrogens (primary N) is 1. The molecule has 1 aromatic rings. The van der Waals surface area contributed by atoms with Crippen LogP contribution >= 0.6 is 0 Å². The summed E-state index contributed by atoms with van der Waals surface area (Å²) in [6.07, 6.45) is -4.38. The number of aliphatic hydroxyl groups excluding tert-OH is 1. The fraction of sp³-hybridized carbons (Fsp3) is 0.593. The minimum absolute atomic E-state index is 0.0115. The van der Waals surface area contributed by atoms with Gasteiger partial charge in [0.25, 0.3) is 5.91 Å². The number of phenolic OH excluding ortho intramolecular Hbond substituents is 1. The molecule has 1 saturated heterocycles. The first-order chi connectivity index (χ1) is 40.7. The summed E-state index contributed by atoms with van der Waals surface area (Å²) in [5, 5.41) is 70.7. The van der Waals surface area contributed by atoms with Gasteiger partial charge < -0.3 is 89.3 Å². The summed E-state index contributed by atoms with van der Waals surface area (Å²) < 4.78 is 0. The molecule has 0 radical (unpaired) electrons. The highest BCUT2D eigenvalue weighted by Crippen LogP contribution is 2.22. The number of primary amides is 1. The van der Waals surface area contributed by atoms with Crippen molar-refractivity contribution in [1.82, 2.24) is 58.1 Å². The number of hydrogen-bond acceptors (Lipinski definition) is 18. The SMILES string of the molecule is CCCC(NC(=O)C1CCCN1C(=O)C(NC(=O)C(NC(=O)C(CCC(=O)O)NC(=O)C(CCC(=O)O)NC(C)=O)C(C)C)C(C)C)C(=O)C(=O)NCC(=O)NCC(=O)NC(CC(=O)O)C(=O)NC(Cc1ccc(O)cc1)C(=O)NC(C(N)=O)C(C)O. The molecule has 1 heterocycles. The lowest BCUT2D eigenvalue weighted by Crippen LogP contribution is -2.61. The molecule has 10 atom stereocenters. The number of carboxylic acid groups (broad SMARTS) is 3. The molecule has 1 fully saturated rings. The van der Waals surface area contributed by atoms with Gasteiger partial charge in [-0.25, -0.2) is 0 Å². The Morgan fingerprint density at radius 3 is 1.60 bits per heavy atom. The van der Waals surface area contributed by atoms with Crippen molar-refractivity contribution in [3.05, 3.63) is 29.8 Å². The lowest BCUT2D eigenvalue weighted by Gasteiger charge is -2.33. The number of Topliss-reactive ketones (excluding diaryl/α,β-unsaturated/α-hetero) is 1. The average molecular weight is 1230 g/mol. The molecule has 0 saturated carbocycles. The zero-order chi connectivity index (χ0) is 66.0. The van der Waals surface area contributed by atoms with E-state index >= 15 is 0 Å². The normalized spacial score (nSPS) is 15.8. The Labute approximate surface area is 499 Å². The number of nitrogens with zero attached hydrogens (tertiary/aromatic N) is 1. The number of aliphatic carboxylic acids is 3. The number of benzene rings is 1. The number of aliphatic hydroxyl groups is 1. The minimum atomic E-state index is -1.88. The zero-order valence-electron chi connectivity index (χ0n) is 49.2. The van der Waals surface area contributed by atoms with Gasteiger partial charge in [-0.15, -0.1) is 0 Å². The van der Waals surface area contributed by atoms with Gasteiger partial charge in [-0.05, 0) is 68.6 Å². The van der Waals surface area contributed by atoms with Gasteiger partial charge in [0.15, 0.2) is 0 Å². The number of likely N-dealkylation sites (tertiary alicyclic amines) is 1. The van der Waals surface area contributed by atoms with E-state index in [1.807, 2.05) is 0 Å². The average Bonchev–Trinajstić information content (AvgIpc) is 4.11. The van der Waals surface area contributed by atoms with Crippen molar-refractivity contribution in [3.8, 4) is 5.75 Å². The Kier molecular flexibility index (Phi) is 30.4. The first-order valence-corrected chi connectivity index (χ1v) is 27.9. The maximum Gasteiger partial charge on any atom is 0.305 e. The molecule has 33 nitrogen and oxygen atoms in total. The smallest absolute Gasteiger partial charge is 0.305 e. The van der Waals surface area contributed by atoms with E-state index in [-0.39, 0.29) is 50.8 Å². The molecule has 482 valence electrons. The van der Waals surface area contributed by atoms with Crippen LogP contribution in [-0.4, -0.2) is 205 Å². The van der Waals surface area contributed by atoms with Gasteiger partial charge in [-0.1, -0.05) is 53.2 Å². The highest BCUT2D eigenvalue weighted by Gasteiger charge is 2.42. The standard InChI is InChI=1S/C54H80N12O21/c1-8-10-31(45(78)53(86)57-23-37(70)56-24-38(71)59-35(22-41(76)77)49(82)62-34(21-29-12-14-30(69)15-13-29)50(83)65-44(27(6)67)46(55)79)60-51(84)36-11-9-20-66(36)54(87)43(26(4)5)64-52(85)42(25(2)3)63-48(81)33(17-19-40(74)75)61-47(80)32(58-28(7)68)16-18-39(72)73/h12-15,25-27,31-36,42-44,67,69H,8-11,16-24H2,1-7H3,(H2,55,79)(H,56,70)(H,57,86)(H,58,68)(H,59,71)(H,60,84)(H,61,80)(H,62,82)(H,63,81)(H,64,85)(H,65,83)(H,72,73)(H,74,75)(H,76,77). The molecule has 10 unspecified atom stereocenters. The number of amides is 12. The van der Waals surface area contributed by atoms with Crippen LogP contribution in [0.3, 0.4) is 0 Å². The van der Waals surface area contributed by atoms with Gasteiger partial charge in [-0.2, -0.15) is 0 Å². The minimum Gasteiger partial charge on any atom is -0.508 e. The summed E-state index contributed by atoms with van der Waals surface area (Å²) >= 11 is 0. The molecular formula is C54H80N12O21. The third-order valence-electron chi connectivity index (χ3n) is 13.4. The second kappa shape index (κ2) is 35.9. The lowest BCUT2D eigenvalue weighted by atomic mass is 9.98. The highest BCUT2D eigenvalue weighted by molar-refractivity contribution is 6.38. The molecule has 1 aliphatic heterocycles. The number of carbonyl (C=O) groups excluding carboxylic acids is 13. The maximum atomic E-state index is 14.3.